The van der Waals surface area contributed by atoms with E-state index >= 15 is 0 Å². The van der Waals surface area contributed by atoms with Crippen molar-refractivity contribution in [3.8, 4) is 0 Å². The number of halogens is 1. The molecule has 0 radical (unpaired) electrons. The van der Waals surface area contributed by atoms with Gasteiger partial charge in [0, 0.05) is 11.7 Å². The third kappa shape index (κ3) is 2.34. The van der Waals surface area contributed by atoms with Gasteiger partial charge >= 0.3 is 0 Å². The van der Waals surface area contributed by atoms with E-state index < -0.39 is 0 Å². The largest absolute Gasteiger partial charge is 0.399 e. The second-order valence-corrected chi connectivity index (χ2v) is 5.21. The first-order valence-electron chi connectivity index (χ1n) is 6.53. The summed E-state index contributed by atoms with van der Waals surface area (Å²) in [6.07, 6.45) is 0.932. The summed E-state index contributed by atoms with van der Waals surface area (Å²) in [5, 5.41) is 3.53. The van der Waals surface area contributed by atoms with E-state index in [1.165, 1.54) is 11.6 Å². The minimum Gasteiger partial charge on any atom is -0.399 e. The summed E-state index contributed by atoms with van der Waals surface area (Å²) in [5.41, 5.74) is 9.83. The van der Waals surface area contributed by atoms with Crippen LogP contribution in [0.4, 0.5) is 10.1 Å². The Labute approximate surface area is 112 Å². The smallest absolute Gasteiger partial charge is 0.123 e. The average Bonchev–Trinajstić information content (AvgIpc) is 2.39. The molecule has 3 N–H and O–H groups in total. The molecule has 2 aromatic rings. The second kappa shape index (κ2) is 4.67. The van der Waals surface area contributed by atoms with E-state index in [9.17, 15) is 4.39 Å². The highest BCUT2D eigenvalue weighted by atomic mass is 19.1. The molecule has 0 saturated carbocycles. The van der Waals surface area contributed by atoms with Crippen molar-refractivity contribution >= 4 is 5.69 Å². The lowest BCUT2D eigenvalue weighted by molar-refractivity contribution is 0.461. The number of nitrogens with one attached hydrogen (secondary N) is 1. The molecule has 0 aromatic heterocycles. The molecule has 2 aromatic carbocycles. The predicted octanol–water partition coefficient (Wildman–Crippen LogP) is 3.03. The van der Waals surface area contributed by atoms with Crippen LogP contribution in [-0.4, -0.2) is 6.04 Å². The molecule has 19 heavy (non-hydrogen) atoms. The summed E-state index contributed by atoms with van der Waals surface area (Å²) >= 11 is 0. The predicted molar refractivity (Wildman–Crippen MR) is 75.4 cm³/mol. The maximum atomic E-state index is 13.5. The number of anilines is 1. The van der Waals surface area contributed by atoms with E-state index in [-0.39, 0.29) is 11.9 Å². The van der Waals surface area contributed by atoms with Crippen molar-refractivity contribution in [1.82, 2.24) is 5.32 Å². The first kappa shape index (κ1) is 12.2. The fourth-order valence-electron chi connectivity index (χ4n) is 2.75. The lowest BCUT2D eigenvalue weighted by atomic mass is 9.87. The summed E-state index contributed by atoms with van der Waals surface area (Å²) in [6, 6.07) is 13.2. The van der Waals surface area contributed by atoms with Gasteiger partial charge in [0.1, 0.15) is 5.82 Å². The van der Waals surface area contributed by atoms with Crippen molar-refractivity contribution < 1.29 is 4.39 Å². The number of nitrogens with two attached hydrogens (primary N) is 1. The van der Waals surface area contributed by atoms with Crippen molar-refractivity contribution in [3.63, 3.8) is 0 Å². The van der Waals surface area contributed by atoms with Crippen molar-refractivity contribution in [2.75, 3.05) is 5.73 Å². The van der Waals surface area contributed by atoms with Crippen LogP contribution in [0.2, 0.25) is 0 Å². The number of fused-ring (bicyclic) bond motifs is 1. The summed E-state index contributed by atoms with van der Waals surface area (Å²) < 4.78 is 13.5. The van der Waals surface area contributed by atoms with Crippen LogP contribution >= 0.6 is 0 Å². The zero-order valence-corrected chi connectivity index (χ0v) is 10.9. The number of nitrogen functional groups attached to an aromatic ring is 1. The molecule has 2 atom stereocenters. The minimum absolute atomic E-state index is 0.0371. The van der Waals surface area contributed by atoms with Gasteiger partial charge in [0.15, 0.2) is 0 Å². The van der Waals surface area contributed by atoms with Crippen LogP contribution in [0.25, 0.3) is 0 Å². The van der Waals surface area contributed by atoms with Gasteiger partial charge in [-0.2, -0.15) is 0 Å². The molecule has 0 aliphatic carbocycles. The summed E-state index contributed by atoms with van der Waals surface area (Å²) in [4.78, 5) is 0. The topological polar surface area (TPSA) is 38.0 Å². The summed E-state index contributed by atoms with van der Waals surface area (Å²) in [5.74, 6) is -0.185. The van der Waals surface area contributed by atoms with Gasteiger partial charge in [-0.1, -0.05) is 18.2 Å². The van der Waals surface area contributed by atoms with Crippen molar-refractivity contribution in [2.45, 2.75) is 25.4 Å². The Balaban J connectivity index is 2.07. The van der Waals surface area contributed by atoms with Gasteiger partial charge in [0.25, 0.3) is 0 Å². The highest BCUT2D eigenvalue weighted by Crippen LogP contribution is 2.31. The fourth-order valence-corrected chi connectivity index (χ4v) is 2.75. The molecule has 2 nitrogen and oxygen atoms in total. The molecule has 0 saturated heterocycles. The Hall–Kier alpha value is -1.87. The van der Waals surface area contributed by atoms with Crippen molar-refractivity contribution in [3.05, 3.63) is 65.0 Å². The molecular formula is C16H17FN2. The summed E-state index contributed by atoms with van der Waals surface area (Å²) in [7, 11) is 0. The monoisotopic (exact) mass is 256 g/mol. The van der Waals surface area contributed by atoms with E-state index in [1.54, 1.807) is 6.07 Å². The maximum Gasteiger partial charge on any atom is 0.123 e. The molecule has 0 fully saturated rings. The molecule has 3 heteroatoms. The number of hydrogen-bond donors (Lipinski definition) is 2. The van der Waals surface area contributed by atoms with E-state index in [2.05, 4.69) is 12.2 Å². The minimum atomic E-state index is -0.185. The molecule has 0 spiro atoms. The van der Waals surface area contributed by atoms with Gasteiger partial charge < -0.3 is 11.1 Å². The van der Waals surface area contributed by atoms with E-state index in [1.807, 2.05) is 30.3 Å². The first-order chi connectivity index (χ1) is 9.13. The van der Waals surface area contributed by atoms with Gasteiger partial charge in [-0.15, -0.1) is 0 Å². The quantitative estimate of drug-likeness (QED) is 0.770. The third-order valence-corrected chi connectivity index (χ3v) is 3.67. The number of benzene rings is 2. The van der Waals surface area contributed by atoms with Crippen molar-refractivity contribution in [1.29, 1.82) is 0 Å². The van der Waals surface area contributed by atoms with Crippen LogP contribution in [-0.2, 0) is 6.42 Å². The van der Waals surface area contributed by atoms with E-state index in [0.717, 1.165) is 23.2 Å². The summed E-state index contributed by atoms with van der Waals surface area (Å²) in [6.45, 7) is 2.15. The van der Waals surface area contributed by atoms with Crippen LogP contribution in [0.5, 0.6) is 0 Å². The fraction of sp³-hybridized carbons (Fsp3) is 0.250. The number of hydrogen-bond acceptors (Lipinski definition) is 2. The Kier molecular flexibility index (Phi) is 2.99. The molecule has 98 valence electrons. The van der Waals surface area contributed by atoms with Gasteiger partial charge in [-0.25, -0.2) is 4.39 Å². The molecular weight excluding hydrogens is 239 g/mol. The maximum absolute atomic E-state index is 13.5. The SMILES string of the molecule is CC1Cc2ccc(F)cc2C(c2ccc(N)cc2)N1. The second-order valence-electron chi connectivity index (χ2n) is 5.21. The lowest BCUT2D eigenvalue weighted by Crippen LogP contribution is -2.37. The molecule has 0 amide bonds. The first-order valence-corrected chi connectivity index (χ1v) is 6.53. The van der Waals surface area contributed by atoms with Crippen LogP contribution in [0.15, 0.2) is 42.5 Å². The molecule has 1 aliphatic heterocycles. The van der Waals surface area contributed by atoms with Crippen LogP contribution in [0.1, 0.15) is 29.7 Å². The zero-order chi connectivity index (χ0) is 13.4. The normalized spacial score (nSPS) is 22.0. The average molecular weight is 256 g/mol. The Morgan fingerprint density at radius 3 is 2.63 bits per heavy atom. The molecule has 1 heterocycles. The molecule has 2 unspecified atom stereocenters. The third-order valence-electron chi connectivity index (χ3n) is 3.67. The number of rotatable bonds is 1. The zero-order valence-electron chi connectivity index (χ0n) is 10.9. The highest BCUT2D eigenvalue weighted by Gasteiger charge is 2.25. The van der Waals surface area contributed by atoms with Crippen LogP contribution in [0.3, 0.4) is 0 Å². The Morgan fingerprint density at radius 1 is 1.16 bits per heavy atom. The van der Waals surface area contributed by atoms with Crippen LogP contribution < -0.4 is 11.1 Å². The molecule has 3 rings (SSSR count). The Morgan fingerprint density at radius 2 is 1.89 bits per heavy atom. The van der Waals surface area contributed by atoms with Gasteiger partial charge in [-0.3, -0.25) is 0 Å². The van der Waals surface area contributed by atoms with E-state index in [0.29, 0.717) is 6.04 Å². The van der Waals surface area contributed by atoms with Crippen molar-refractivity contribution in [2.24, 2.45) is 0 Å². The van der Waals surface area contributed by atoms with Gasteiger partial charge in [0.05, 0.1) is 6.04 Å². The standard InChI is InChI=1S/C16H17FN2/c1-10-8-12-2-5-13(17)9-15(12)16(19-10)11-3-6-14(18)7-4-11/h2-7,9-10,16,19H,8,18H2,1H3. The van der Waals surface area contributed by atoms with E-state index in [4.69, 9.17) is 5.73 Å². The molecule has 1 aliphatic rings. The molecule has 0 bridgehead atoms. The van der Waals surface area contributed by atoms with Gasteiger partial charge in [-0.05, 0) is 54.3 Å². The van der Waals surface area contributed by atoms with Gasteiger partial charge in [0.2, 0.25) is 0 Å². The van der Waals surface area contributed by atoms with Crippen LogP contribution in [0, 0.1) is 5.82 Å². The Bertz CT molecular complexity index is 592. The lowest BCUT2D eigenvalue weighted by Gasteiger charge is -2.32. The highest BCUT2D eigenvalue weighted by molar-refractivity contribution is 5.45.